The average molecular weight is 843 g/mol. The number of fused-ring (bicyclic) bond motifs is 2. The number of H-pyrrole nitrogens is 2. The zero-order valence-electron chi connectivity index (χ0n) is 44.7. The van der Waals surface area contributed by atoms with Crippen molar-refractivity contribution in [1.29, 1.82) is 5.26 Å². The van der Waals surface area contributed by atoms with Crippen molar-refractivity contribution in [2.24, 2.45) is 17.6 Å². The van der Waals surface area contributed by atoms with E-state index < -0.39 is 104 Å². The molecule has 6 N–H and O–H groups in total. The van der Waals surface area contributed by atoms with Gasteiger partial charge in [0.05, 0.1) is 48.4 Å². The van der Waals surface area contributed by atoms with Gasteiger partial charge in [-0.15, -0.1) is 0 Å². The number of carbonyl (C=O) groups excluding carboxylic acids is 1. The van der Waals surface area contributed by atoms with E-state index in [1.54, 1.807) is 24.5 Å². The van der Waals surface area contributed by atoms with Crippen LogP contribution < -0.4 is 15.5 Å². The molecular formula is C34H44N12O9P2. The zero-order chi connectivity index (χ0) is 55.1. The number of hydrogen-bond acceptors (Lipinski definition) is 16. The van der Waals surface area contributed by atoms with Gasteiger partial charge in [0.25, 0.3) is 0 Å². The monoisotopic (exact) mass is 842 g/mol. The Morgan fingerprint density at radius 1 is 0.877 bits per heavy atom. The Labute approximate surface area is 352 Å². The minimum absolute atomic E-state index is 0. The quantitative estimate of drug-likeness (QED) is 0.0621. The molecule has 57 heavy (non-hydrogen) atoms. The maximum absolute atomic E-state index is 11.8. The summed E-state index contributed by atoms with van der Waals surface area (Å²) < 4.78 is 156. The Hall–Kier alpha value is -5.42. The first kappa shape index (κ1) is 25.8. The molecule has 2 saturated carbocycles. The van der Waals surface area contributed by atoms with Gasteiger partial charge in [0.2, 0.25) is 5.91 Å². The summed E-state index contributed by atoms with van der Waals surface area (Å²) in [6, 6.07) is 2.76. The molecule has 6 aromatic rings. The Kier molecular flexibility index (Phi) is 9.58. The molecule has 0 bridgehead atoms. The summed E-state index contributed by atoms with van der Waals surface area (Å²) in [7, 11) is -6.09. The van der Waals surface area contributed by atoms with Crippen LogP contribution in [0.25, 0.3) is 44.6 Å². The molecule has 8 rings (SSSR count). The second-order valence-electron chi connectivity index (χ2n) is 11.2. The molecule has 0 aromatic carbocycles. The minimum atomic E-state index is -3.18. The molecule has 21 nitrogen and oxygen atoms in total. The molecule has 23 heteroatoms. The number of nitrogens with two attached hydrogens (primary N) is 1. The van der Waals surface area contributed by atoms with Crippen molar-refractivity contribution in [3.8, 4) is 28.6 Å². The number of nitrogens with one attached hydrogen (secondary N) is 2. The maximum atomic E-state index is 11.8. The predicted molar refractivity (Wildman–Crippen MR) is 203 cm³/mol. The van der Waals surface area contributed by atoms with Crippen LogP contribution in [-0.2, 0) is 23.3 Å². The van der Waals surface area contributed by atoms with Crippen LogP contribution in [0.15, 0.2) is 62.0 Å². The van der Waals surface area contributed by atoms with Crippen LogP contribution in [-0.4, -0.2) is 65.9 Å². The smallest absolute Gasteiger partial charge is 0.521 e. The van der Waals surface area contributed by atoms with Gasteiger partial charge in [-0.25, -0.2) is 30.5 Å². The van der Waals surface area contributed by atoms with E-state index in [1.807, 2.05) is 6.07 Å². The van der Waals surface area contributed by atoms with Gasteiger partial charge in [0.15, 0.2) is 0 Å². The lowest BCUT2D eigenvalue weighted by molar-refractivity contribution is -0.245. The van der Waals surface area contributed by atoms with Crippen molar-refractivity contribution >= 4 is 44.5 Å². The van der Waals surface area contributed by atoms with E-state index in [0.29, 0.717) is 44.6 Å². The van der Waals surface area contributed by atoms with Gasteiger partial charge < -0.3 is 25.5 Å². The molecular weight excluding hydrogens is 782 g/mol. The van der Waals surface area contributed by atoms with Gasteiger partial charge in [-0.3, -0.25) is 14.2 Å². The average Bonchev–Trinajstić information content (AvgIpc) is 4.16. The molecule has 2 aliphatic carbocycles. The standard InChI is InChI=1S/C17H20N6O.C17H18N6.2HO4P.2H2/c18-15(24)7-14(11-3-1-2-4-11)23-9-12(8-22-23)16-13-5-6-19-17(13)21-10-20-16;18-7-5-15(12-3-1-2-4-12)23-10-13(9-22-23)16-14-6-8-19-17(14)21-11-20-16;2*1-4-5(2)3;;/h5-6,8-11,14H,1-4,7H2,(H2,18,24)(H,19,20,21);6,8-12,15H,1-5H2,(H,19,20,21);2*1H;2*1H/t14-;15-;;;;/m11..../s1/i2*1D2,2D2,3D2,4D2;;;;. The lowest BCUT2D eigenvalue weighted by Crippen LogP contribution is -2.24. The minimum Gasteiger partial charge on any atom is -0.565 e. The van der Waals surface area contributed by atoms with Crippen molar-refractivity contribution in [3.05, 3.63) is 62.0 Å². The number of hydrogen-bond donors (Lipinski definition) is 5. The third-order valence-corrected chi connectivity index (χ3v) is 8.05. The van der Waals surface area contributed by atoms with Crippen LogP contribution >= 0.6 is 16.5 Å². The largest absolute Gasteiger partial charge is 0.565 e. The van der Waals surface area contributed by atoms with E-state index in [9.17, 15) is 10.1 Å². The molecule has 0 radical (unpaired) electrons. The summed E-state index contributed by atoms with van der Waals surface area (Å²) in [5.74, 6) is -4.60. The first-order chi connectivity index (χ1) is 33.6. The lowest BCUT2D eigenvalue weighted by Gasteiger charge is -2.22. The van der Waals surface area contributed by atoms with Gasteiger partial charge >= 0.3 is 16.5 Å². The molecule has 1 amide bonds. The number of nitrogens with zero attached hydrogens (tertiary/aromatic N) is 9. The van der Waals surface area contributed by atoms with Gasteiger partial charge in [0.1, 0.15) is 23.9 Å². The molecule has 4 atom stereocenters. The Balaban J connectivity index is 0.000000327. The molecule has 304 valence electrons. The van der Waals surface area contributed by atoms with E-state index in [4.69, 9.17) is 57.1 Å². The highest BCUT2D eigenvalue weighted by Gasteiger charge is 2.29. The van der Waals surface area contributed by atoms with Crippen LogP contribution in [0.2, 0.25) is 0 Å². The fourth-order valence-electron chi connectivity index (χ4n) is 5.43. The summed E-state index contributed by atoms with van der Waals surface area (Å²) in [6.07, 6.45) is -13.5. The van der Waals surface area contributed by atoms with Gasteiger partial charge in [-0.05, 0) is 58.6 Å². The molecule has 0 aliphatic heterocycles. The third kappa shape index (κ3) is 11.6. The van der Waals surface area contributed by atoms with E-state index >= 15 is 0 Å². The van der Waals surface area contributed by atoms with E-state index in [2.05, 4.69) is 49.5 Å². The number of aromatic amines is 2. The van der Waals surface area contributed by atoms with Crippen LogP contribution in [0.5, 0.6) is 0 Å². The first-order valence-electron chi connectivity index (χ1n) is 23.9. The summed E-state index contributed by atoms with van der Waals surface area (Å²) in [5, 5.41) is 33.2. The number of rotatable bonds is 11. The summed E-state index contributed by atoms with van der Waals surface area (Å²) >= 11 is 0. The third-order valence-electron chi connectivity index (χ3n) is 7.79. The maximum Gasteiger partial charge on any atom is 0.521 e. The molecule has 0 saturated heterocycles. The number of nitriles is 1. The highest BCUT2D eigenvalue weighted by atomic mass is 31.1. The van der Waals surface area contributed by atoms with Crippen LogP contribution in [0, 0.1) is 23.2 Å². The Morgan fingerprint density at radius 2 is 1.30 bits per heavy atom. The normalized spacial score (nSPS) is 26.9. The number of amides is 1. The fraction of sp³-hybridized carbons (Fsp3) is 0.412. The predicted octanol–water partition coefficient (Wildman–Crippen LogP) is 5.37. The van der Waals surface area contributed by atoms with Crippen molar-refractivity contribution in [3.63, 3.8) is 0 Å². The van der Waals surface area contributed by atoms with Crippen molar-refractivity contribution in [2.75, 3.05) is 0 Å². The second kappa shape index (κ2) is 21.2. The van der Waals surface area contributed by atoms with E-state index in [0.717, 1.165) is 4.68 Å². The molecule has 2 aliphatic rings. The van der Waals surface area contributed by atoms with Crippen molar-refractivity contribution < 1.29 is 68.4 Å². The fourth-order valence-corrected chi connectivity index (χ4v) is 5.43. The second-order valence-corrected chi connectivity index (χ2v) is 12.4. The molecule has 6 heterocycles. The van der Waals surface area contributed by atoms with E-state index in [1.165, 1.54) is 42.1 Å². The summed E-state index contributed by atoms with van der Waals surface area (Å²) in [4.78, 5) is 52.3. The van der Waals surface area contributed by atoms with Gasteiger partial charge in [-0.1, -0.05) is 25.5 Å². The van der Waals surface area contributed by atoms with Crippen LogP contribution in [0.3, 0.4) is 0 Å². The SMILES string of the molecule is O=[P+]([O-])OO.O=[P+]([O-])OO.[2H]C1([2H])C([C@@H](CC#N)n2cc(-c3ncnc4[nH]ccc34)cn2)C([2H])([2H])C([2H])([2H])C1([2H])[2H].[2H]C1([2H])C([C@@H](CC(N)=O)n2cc(-c3ncnc4[nH]ccc34)cn2)C([2H])([2H])C([2H])([2H])C1([2H])[2H].[HH].[HH]. The van der Waals surface area contributed by atoms with Crippen molar-refractivity contribution in [1.82, 2.24) is 49.5 Å². The van der Waals surface area contributed by atoms with Gasteiger partial charge in [-0.2, -0.15) is 15.5 Å². The van der Waals surface area contributed by atoms with Crippen LogP contribution in [0.1, 0.15) is 101 Å². The summed E-state index contributed by atoms with van der Waals surface area (Å²) in [5.41, 5.74) is 8.51. The number of carbonyl (C=O) groups is 1. The zero-order valence-corrected chi connectivity index (χ0v) is 30.5. The lowest BCUT2D eigenvalue weighted by atomic mass is 9.95. The molecule has 0 spiro atoms. The molecule has 2 unspecified atom stereocenters. The highest BCUT2D eigenvalue weighted by molar-refractivity contribution is 7.30. The molecule has 6 aromatic heterocycles. The summed E-state index contributed by atoms with van der Waals surface area (Å²) in [6.45, 7) is 0. The Bertz CT molecular complexity index is 2960. The molecule has 2 fully saturated rings. The van der Waals surface area contributed by atoms with Crippen LogP contribution in [0.4, 0.5) is 0 Å². The number of aromatic nitrogens is 10. The van der Waals surface area contributed by atoms with Crippen molar-refractivity contribution in [2.45, 2.75) is 75.9 Å². The Morgan fingerprint density at radius 3 is 1.70 bits per heavy atom. The first-order valence-corrected chi connectivity index (χ1v) is 18.1. The highest BCUT2D eigenvalue weighted by Crippen LogP contribution is 2.38. The van der Waals surface area contributed by atoms with E-state index in [-0.39, 0.29) is 9.27 Å². The van der Waals surface area contributed by atoms with Gasteiger partial charge in [0, 0.05) is 87.2 Å². The topological polar surface area (TPSA) is 325 Å². The number of primary amides is 1.